The maximum atomic E-state index is 13.7. The van der Waals surface area contributed by atoms with Crippen LogP contribution < -0.4 is 5.14 Å². The molecule has 0 spiro atoms. The minimum Gasteiger partial charge on any atom is -0.459 e. The van der Waals surface area contributed by atoms with Gasteiger partial charge in [-0.25, -0.2) is 22.7 Å². The molecule has 1 aliphatic carbocycles. The molecule has 1 saturated carbocycles. The van der Waals surface area contributed by atoms with E-state index in [4.69, 9.17) is 9.88 Å². The van der Waals surface area contributed by atoms with Crippen LogP contribution in [0.5, 0.6) is 0 Å². The lowest BCUT2D eigenvalue weighted by molar-refractivity contribution is 0.0317. The predicted octanol–water partition coefficient (Wildman–Crippen LogP) is 2.34. The quantitative estimate of drug-likeness (QED) is 0.832. The number of esters is 1. The van der Waals surface area contributed by atoms with E-state index in [0.717, 1.165) is 37.8 Å². The number of halogens is 2. The van der Waals surface area contributed by atoms with Crippen molar-refractivity contribution in [2.45, 2.75) is 36.7 Å². The van der Waals surface area contributed by atoms with Crippen LogP contribution in [0.3, 0.4) is 0 Å². The third kappa shape index (κ3) is 3.36. The maximum Gasteiger partial charge on any atom is 0.338 e. The summed E-state index contributed by atoms with van der Waals surface area (Å²) < 4.78 is 41.3. The molecule has 0 heterocycles. The van der Waals surface area contributed by atoms with E-state index in [1.54, 1.807) is 0 Å². The number of primary sulfonamides is 1. The van der Waals surface area contributed by atoms with Crippen molar-refractivity contribution in [3.8, 4) is 0 Å². The number of carbonyl (C=O) groups excluding carboxylic acids is 1. The summed E-state index contributed by atoms with van der Waals surface area (Å²) in [6.07, 6.45) is 3.32. The van der Waals surface area contributed by atoms with Crippen molar-refractivity contribution < 1.29 is 22.3 Å². The second-order valence-corrected chi connectivity index (χ2v) is 6.95. The number of ether oxygens (including phenoxy) is 1. The molecule has 1 fully saturated rings. The van der Waals surface area contributed by atoms with Gasteiger partial charge in [0.1, 0.15) is 11.9 Å². The first-order chi connectivity index (χ1) is 9.29. The summed E-state index contributed by atoms with van der Waals surface area (Å²) in [7, 11) is -4.13. The van der Waals surface area contributed by atoms with E-state index in [9.17, 15) is 17.6 Å². The first-order valence-corrected chi connectivity index (χ1v) is 8.36. The summed E-state index contributed by atoms with van der Waals surface area (Å²) in [6.45, 7) is 0. The number of hydrogen-bond acceptors (Lipinski definition) is 4. The monoisotopic (exact) mass is 365 g/mol. The molecule has 8 heteroatoms. The molecule has 1 aliphatic rings. The van der Waals surface area contributed by atoms with Gasteiger partial charge in [0.2, 0.25) is 10.0 Å². The van der Waals surface area contributed by atoms with Crippen LogP contribution in [0.2, 0.25) is 0 Å². The molecular formula is C12H13BrFNO4S. The number of benzene rings is 1. The highest BCUT2D eigenvalue weighted by molar-refractivity contribution is 9.10. The van der Waals surface area contributed by atoms with Gasteiger partial charge in [0.25, 0.3) is 0 Å². The highest BCUT2D eigenvalue weighted by atomic mass is 79.9. The lowest BCUT2D eigenvalue weighted by Crippen LogP contribution is -2.18. The van der Waals surface area contributed by atoms with E-state index >= 15 is 0 Å². The molecule has 0 radical (unpaired) electrons. The zero-order valence-electron chi connectivity index (χ0n) is 10.4. The molecule has 2 N–H and O–H groups in total. The Hall–Kier alpha value is -0.990. The van der Waals surface area contributed by atoms with Crippen molar-refractivity contribution in [3.63, 3.8) is 0 Å². The fraction of sp³-hybridized carbons (Fsp3) is 0.417. The molecule has 0 aliphatic heterocycles. The van der Waals surface area contributed by atoms with Gasteiger partial charge in [-0.1, -0.05) is 0 Å². The van der Waals surface area contributed by atoms with Crippen molar-refractivity contribution in [2.75, 3.05) is 0 Å². The molecule has 20 heavy (non-hydrogen) atoms. The van der Waals surface area contributed by atoms with Crippen LogP contribution in [0.1, 0.15) is 36.0 Å². The summed E-state index contributed by atoms with van der Waals surface area (Å²) >= 11 is 2.80. The average molecular weight is 366 g/mol. The summed E-state index contributed by atoms with van der Waals surface area (Å²) in [5, 5.41) is 4.98. The van der Waals surface area contributed by atoms with E-state index in [0.29, 0.717) is 0 Å². The molecule has 110 valence electrons. The lowest BCUT2D eigenvalue weighted by Gasteiger charge is -2.12. The first-order valence-electron chi connectivity index (χ1n) is 6.02. The average Bonchev–Trinajstić information content (AvgIpc) is 2.83. The van der Waals surface area contributed by atoms with Gasteiger partial charge in [-0.05, 0) is 53.7 Å². The molecule has 0 saturated heterocycles. The molecule has 1 aromatic rings. The third-order valence-electron chi connectivity index (χ3n) is 3.11. The van der Waals surface area contributed by atoms with Crippen molar-refractivity contribution in [2.24, 2.45) is 5.14 Å². The summed E-state index contributed by atoms with van der Waals surface area (Å²) in [4.78, 5) is 11.4. The molecular weight excluding hydrogens is 353 g/mol. The van der Waals surface area contributed by atoms with Crippen LogP contribution in [0.15, 0.2) is 21.5 Å². The Morgan fingerprint density at radius 2 is 1.95 bits per heavy atom. The summed E-state index contributed by atoms with van der Waals surface area (Å²) in [6, 6.07) is 1.94. The minimum atomic E-state index is -4.13. The second kappa shape index (κ2) is 5.79. The van der Waals surface area contributed by atoms with Crippen LogP contribution in [-0.4, -0.2) is 20.5 Å². The molecule has 0 bridgehead atoms. The molecule has 0 aromatic heterocycles. The maximum absolute atomic E-state index is 13.7. The van der Waals surface area contributed by atoms with Crippen LogP contribution >= 0.6 is 15.9 Å². The van der Waals surface area contributed by atoms with Gasteiger partial charge in [0.05, 0.1) is 14.9 Å². The molecule has 0 atom stereocenters. The van der Waals surface area contributed by atoms with Crippen molar-refractivity contribution >= 4 is 31.9 Å². The number of hydrogen-bond donors (Lipinski definition) is 1. The summed E-state index contributed by atoms with van der Waals surface area (Å²) in [5.41, 5.74) is -0.165. The smallest absolute Gasteiger partial charge is 0.338 e. The highest BCUT2D eigenvalue weighted by Crippen LogP contribution is 2.27. The van der Waals surface area contributed by atoms with E-state index in [2.05, 4.69) is 15.9 Å². The molecule has 0 unspecified atom stereocenters. The Morgan fingerprint density at radius 1 is 1.35 bits per heavy atom. The first kappa shape index (κ1) is 15.4. The van der Waals surface area contributed by atoms with E-state index < -0.39 is 26.7 Å². The fourth-order valence-corrected chi connectivity index (χ4v) is 3.66. The van der Waals surface area contributed by atoms with Crippen molar-refractivity contribution in [3.05, 3.63) is 28.0 Å². The van der Waals surface area contributed by atoms with Gasteiger partial charge in [-0.2, -0.15) is 0 Å². The van der Waals surface area contributed by atoms with Crippen LogP contribution in [0.4, 0.5) is 4.39 Å². The molecule has 5 nitrogen and oxygen atoms in total. The standard InChI is InChI=1S/C12H13BrFNO4S/c13-11-9(14)5-7(6-10(11)20(15,17)18)12(16)19-8-3-1-2-4-8/h5-6,8H,1-4H2,(H2,15,17,18). The van der Waals surface area contributed by atoms with Crippen molar-refractivity contribution in [1.29, 1.82) is 0 Å². The zero-order valence-corrected chi connectivity index (χ0v) is 12.8. The Labute approximate surface area is 124 Å². The topological polar surface area (TPSA) is 86.5 Å². The molecule has 0 amide bonds. The Morgan fingerprint density at radius 3 is 2.50 bits per heavy atom. The fourth-order valence-electron chi connectivity index (χ4n) is 2.11. The summed E-state index contributed by atoms with van der Waals surface area (Å²) in [5.74, 6) is -1.62. The molecule has 2 rings (SSSR count). The normalized spacial score (nSPS) is 16.4. The van der Waals surface area contributed by atoms with Gasteiger partial charge < -0.3 is 4.74 Å². The zero-order chi connectivity index (χ0) is 14.9. The van der Waals surface area contributed by atoms with E-state index in [1.165, 1.54) is 0 Å². The van der Waals surface area contributed by atoms with Crippen molar-refractivity contribution in [1.82, 2.24) is 0 Å². The van der Waals surface area contributed by atoms with Gasteiger partial charge in [0.15, 0.2) is 0 Å². The SMILES string of the molecule is NS(=O)(=O)c1cc(C(=O)OC2CCCC2)cc(F)c1Br. The molecule has 1 aromatic carbocycles. The van der Waals surface area contributed by atoms with E-state index in [1.807, 2.05) is 0 Å². The highest BCUT2D eigenvalue weighted by Gasteiger charge is 2.24. The van der Waals surface area contributed by atoms with Gasteiger partial charge in [0, 0.05) is 0 Å². The Balaban J connectivity index is 2.32. The van der Waals surface area contributed by atoms with Gasteiger partial charge >= 0.3 is 5.97 Å². The van der Waals surface area contributed by atoms with Gasteiger partial charge in [-0.3, -0.25) is 0 Å². The third-order valence-corrected chi connectivity index (χ3v) is 5.12. The number of carbonyl (C=O) groups is 1. The Kier molecular flexibility index (Phi) is 4.46. The second-order valence-electron chi connectivity index (χ2n) is 4.63. The lowest BCUT2D eigenvalue weighted by atomic mass is 10.2. The predicted molar refractivity (Wildman–Crippen MR) is 73.1 cm³/mol. The van der Waals surface area contributed by atoms with Crippen LogP contribution in [0.25, 0.3) is 0 Å². The van der Waals surface area contributed by atoms with Gasteiger partial charge in [-0.15, -0.1) is 0 Å². The number of rotatable bonds is 3. The van der Waals surface area contributed by atoms with Crippen LogP contribution in [0, 0.1) is 5.82 Å². The van der Waals surface area contributed by atoms with E-state index in [-0.39, 0.29) is 16.1 Å². The minimum absolute atomic E-state index is 0.165. The van der Waals surface area contributed by atoms with Crippen LogP contribution in [-0.2, 0) is 14.8 Å². The number of sulfonamides is 1. The number of nitrogens with two attached hydrogens (primary N) is 1. The largest absolute Gasteiger partial charge is 0.459 e. The Bertz CT molecular complexity index is 641.